The monoisotopic (exact) mass is 440 g/mol. The van der Waals surface area contributed by atoms with Gasteiger partial charge in [0.15, 0.2) is 6.23 Å². The Labute approximate surface area is 175 Å². The second kappa shape index (κ2) is 8.98. The number of methoxy groups -OCH3 is 1. The molecule has 0 saturated carbocycles. The lowest BCUT2D eigenvalue weighted by atomic mass is 10.1. The van der Waals surface area contributed by atoms with E-state index in [2.05, 4.69) is 4.98 Å². The standard InChI is InChI=1S/C19H28N2O8Si/c1-11(2)30(12(3)4)27-10-26-9-14-17(29-30)13(8-16(23)25-5)18(28-14)21-7-6-15(22)20-19(21)24/h6-8,11-12,14,17-18H,9-10H2,1-5H3,(H,20,22,24)/b13-8-/t14-,17+,18-/m1/s1. The molecule has 0 spiro atoms. The Bertz CT molecular complexity index is 914. The number of nitrogens with zero attached hydrogens (tertiary/aromatic N) is 1. The van der Waals surface area contributed by atoms with Crippen molar-refractivity contribution in [1.82, 2.24) is 9.55 Å². The van der Waals surface area contributed by atoms with Crippen LogP contribution in [0.2, 0.25) is 11.1 Å². The summed E-state index contributed by atoms with van der Waals surface area (Å²) >= 11 is 0. The van der Waals surface area contributed by atoms with E-state index in [4.69, 9.17) is 23.1 Å². The van der Waals surface area contributed by atoms with E-state index in [9.17, 15) is 14.4 Å². The van der Waals surface area contributed by atoms with E-state index in [1.54, 1.807) is 0 Å². The van der Waals surface area contributed by atoms with E-state index in [0.717, 1.165) is 0 Å². The van der Waals surface area contributed by atoms with Crippen LogP contribution in [0.25, 0.3) is 0 Å². The molecule has 2 aliphatic heterocycles. The Morgan fingerprint density at radius 3 is 2.60 bits per heavy atom. The molecule has 3 heterocycles. The highest BCUT2D eigenvalue weighted by molar-refractivity contribution is 6.70. The molecule has 1 aromatic rings. The van der Waals surface area contributed by atoms with Crippen molar-refractivity contribution < 1.29 is 27.9 Å². The Morgan fingerprint density at radius 1 is 1.30 bits per heavy atom. The van der Waals surface area contributed by atoms with E-state index in [-0.39, 0.29) is 24.5 Å². The maximum atomic E-state index is 12.4. The normalized spacial score (nSPS) is 27.7. The lowest BCUT2D eigenvalue weighted by molar-refractivity contribution is -0.135. The molecule has 1 aromatic heterocycles. The SMILES string of the molecule is COC(=O)/C=C1\[C@H](n2ccc(=O)[nH]c2=O)O[C@@H]2COCO[Si](C(C)C)(C(C)C)O[C@@H]12. The first-order valence-corrected chi connectivity index (χ1v) is 11.8. The Balaban J connectivity index is 2.11. The van der Waals surface area contributed by atoms with Crippen LogP contribution in [0.15, 0.2) is 33.5 Å². The molecule has 3 rings (SSSR count). The fourth-order valence-electron chi connectivity index (χ4n) is 3.93. The Hall–Kier alpha value is -2.05. The van der Waals surface area contributed by atoms with Gasteiger partial charge in [0, 0.05) is 23.9 Å². The van der Waals surface area contributed by atoms with E-state index < -0.39 is 44.2 Å². The van der Waals surface area contributed by atoms with Gasteiger partial charge < -0.3 is 23.1 Å². The molecular formula is C19H28N2O8Si. The maximum Gasteiger partial charge on any atom is 0.345 e. The molecule has 0 aromatic carbocycles. The number of esters is 1. The summed E-state index contributed by atoms with van der Waals surface area (Å²) in [4.78, 5) is 38.2. The van der Waals surface area contributed by atoms with Crippen LogP contribution in [0.4, 0.5) is 0 Å². The number of fused-ring (bicyclic) bond motifs is 1. The van der Waals surface area contributed by atoms with Crippen molar-refractivity contribution >= 4 is 14.5 Å². The minimum Gasteiger partial charge on any atom is -0.466 e. The van der Waals surface area contributed by atoms with Gasteiger partial charge in [0.2, 0.25) is 0 Å². The van der Waals surface area contributed by atoms with Crippen LogP contribution in [0.5, 0.6) is 0 Å². The van der Waals surface area contributed by atoms with Crippen LogP contribution in [0.1, 0.15) is 33.9 Å². The zero-order valence-corrected chi connectivity index (χ0v) is 18.7. The van der Waals surface area contributed by atoms with Crippen LogP contribution < -0.4 is 11.2 Å². The fraction of sp³-hybridized carbons (Fsp3) is 0.632. The van der Waals surface area contributed by atoms with Crippen molar-refractivity contribution in [3.8, 4) is 0 Å². The molecule has 166 valence electrons. The largest absolute Gasteiger partial charge is 0.466 e. The van der Waals surface area contributed by atoms with Crippen molar-refractivity contribution in [3.63, 3.8) is 0 Å². The minimum atomic E-state index is -2.81. The molecule has 2 fully saturated rings. The molecule has 0 radical (unpaired) electrons. The summed E-state index contributed by atoms with van der Waals surface area (Å²) in [5.41, 5.74) is -0.597. The third-order valence-electron chi connectivity index (χ3n) is 5.42. The highest BCUT2D eigenvalue weighted by Crippen LogP contribution is 2.43. The molecule has 0 unspecified atom stereocenters. The van der Waals surface area contributed by atoms with E-state index in [0.29, 0.717) is 5.57 Å². The zero-order valence-electron chi connectivity index (χ0n) is 17.7. The first-order chi connectivity index (χ1) is 14.2. The van der Waals surface area contributed by atoms with E-state index in [1.807, 2.05) is 27.7 Å². The first-order valence-electron chi connectivity index (χ1n) is 9.85. The Kier molecular flexibility index (Phi) is 6.77. The second-order valence-corrected chi connectivity index (χ2v) is 12.2. The second-order valence-electron chi connectivity index (χ2n) is 7.91. The van der Waals surface area contributed by atoms with Crippen LogP contribution in [0.3, 0.4) is 0 Å². The first kappa shape index (κ1) is 22.6. The van der Waals surface area contributed by atoms with Gasteiger partial charge in [-0.1, -0.05) is 27.7 Å². The molecule has 2 aliphatic rings. The van der Waals surface area contributed by atoms with Crippen molar-refractivity contribution in [1.29, 1.82) is 0 Å². The number of H-pyrrole nitrogens is 1. The highest BCUT2D eigenvalue weighted by atomic mass is 28.4. The number of hydrogen-bond donors (Lipinski definition) is 1. The summed E-state index contributed by atoms with van der Waals surface area (Å²) in [7, 11) is -1.54. The van der Waals surface area contributed by atoms with Gasteiger partial charge in [-0.15, -0.1) is 0 Å². The van der Waals surface area contributed by atoms with E-state index >= 15 is 0 Å². The van der Waals surface area contributed by atoms with E-state index in [1.165, 1.54) is 30.0 Å². The predicted molar refractivity (Wildman–Crippen MR) is 108 cm³/mol. The van der Waals surface area contributed by atoms with Crippen LogP contribution in [-0.4, -0.2) is 56.8 Å². The third kappa shape index (κ3) is 4.21. The van der Waals surface area contributed by atoms with Gasteiger partial charge in [-0.3, -0.25) is 14.3 Å². The summed E-state index contributed by atoms with van der Waals surface area (Å²) in [5, 5.41) is 0. The van der Waals surface area contributed by atoms with Gasteiger partial charge in [0.25, 0.3) is 5.56 Å². The van der Waals surface area contributed by atoms with Crippen LogP contribution in [0, 0.1) is 0 Å². The topological polar surface area (TPSA) is 118 Å². The molecule has 0 aliphatic carbocycles. The van der Waals surface area contributed by atoms with Crippen molar-refractivity contribution in [2.45, 2.75) is 57.2 Å². The number of carbonyl (C=O) groups is 1. The number of nitrogens with one attached hydrogen (secondary N) is 1. The Morgan fingerprint density at radius 2 is 2.00 bits per heavy atom. The average molecular weight is 441 g/mol. The van der Waals surface area contributed by atoms with Crippen molar-refractivity contribution in [2.75, 3.05) is 20.5 Å². The summed E-state index contributed by atoms with van der Waals surface area (Å²) in [6.45, 7) is 8.37. The number of ether oxygens (including phenoxy) is 3. The zero-order chi connectivity index (χ0) is 22.1. The molecule has 0 amide bonds. The van der Waals surface area contributed by atoms with Gasteiger partial charge in [0.1, 0.15) is 19.0 Å². The molecule has 0 bridgehead atoms. The lowest BCUT2D eigenvalue weighted by Crippen LogP contribution is -2.54. The molecule has 2 saturated heterocycles. The third-order valence-corrected chi connectivity index (χ3v) is 9.83. The molecule has 30 heavy (non-hydrogen) atoms. The minimum absolute atomic E-state index is 0.0779. The van der Waals surface area contributed by atoms with Gasteiger partial charge in [-0.25, -0.2) is 9.59 Å². The number of carbonyl (C=O) groups excluding carboxylic acids is 1. The fourth-order valence-corrected chi connectivity index (χ4v) is 7.50. The average Bonchev–Trinajstić information content (AvgIpc) is 2.97. The lowest BCUT2D eigenvalue weighted by Gasteiger charge is -2.41. The molecule has 11 heteroatoms. The molecule has 10 nitrogen and oxygen atoms in total. The van der Waals surface area contributed by atoms with Crippen molar-refractivity contribution in [3.05, 3.63) is 44.8 Å². The van der Waals surface area contributed by atoms with Gasteiger partial charge in [-0.05, 0) is 11.1 Å². The summed E-state index contributed by atoms with van der Waals surface area (Å²) in [6, 6.07) is 1.21. The van der Waals surface area contributed by atoms with Crippen LogP contribution in [-0.2, 0) is 27.9 Å². The summed E-state index contributed by atoms with van der Waals surface area (Å²) < 4.78 is 30.6. The van der Waals surface area contributed by atoms with Crippen molar-refractivity contribution in [2.24, 2.45) is 0 Å². The smallest absolute Gasteiger partial charge is 0.345 e. The number of aromatic amines is 1. The summed E-state index contributed by atoms with van der Waals surface area (Å²) in [5.74, 6) is -0.606. The van der Waals surface area contributed by atoms with Gasteiger partial charge in [-0.2, -0.15) is 0 Å². The maximum absolute atomic E-state index is 12.4. The molecular weight excluding hydrogens is 412 g/mol. The van der Waals surface area contributed by atoms with Crippen LogP contribution >= 0.6 is 0 Å². The molecule has 1 N–H and O–H groups in total. The quantitative estimate of drug-likeness (QED) is 0.421. The van der Waals surface area contributed by atoms with Gasteiger partial charge >= 0.3 is 20.2 Å². The number of rotatable bonds is 4. The molecule has 3 atom stereocenters. The number of hydrogen-bond acceptors (Lipinski definition) is 8. The van der Waals surface area contributed by atoms with Gasteiger partial charge in [0.05, 0.1) is 13.7 Å². The summed E-state index contributed by atoms with van der Waals surface area (Å²) in [6.07, 6.45) is 0.385. The predicted octanol–water partition coefficient (Wildman–Crippen LogP) is 1.19. The highest BCUT2D eigenvalue weighted by Gasteiger charge is 2.53. The number of aromatic nitrogens is 2.